The van der Waals surface area contributed by atoms with Crippen molar-refractivity contribution in [2.24, 2.45) is 10.9 Å². The number of rotatable bonds is 10. The molecule has 0 amide bonds. The summed E-state index contributed by atoms with van der Waals surface area (Å²) >= 11 is 0. The van der Waals surface area contributed by atoms with Gasteiger partial charge in [-0.15, -0.1) is 24.0 Å². The Balaban J connectivity index is 0.00000385. The minimum atomic E-state index is 0. The fourth-order valence-electron chi connectivity index (χ4n) is 4.35. The van der Waals surface area contributed by atoms with Crippen LogP contribution in [0.3, 0.4) is 0 Å². The van der Waals surface area contributed by atoms with E-state index < -0.39 is 0 Å². The van der Waals surface area contributed by atoms with Crippen LogP contribution in [0.2, 0.25) is 0 Å². The number of nitrogens with zero attached hydrogens (tertiary/aromatic N) is 3. The lowest BCUT2D eigenvalue weighted by atomic mass is 9.88. The zero-order chi connectivity index (χ0) is 22.6. The molecule has 2 aromatic carbocycles. The van der Waals surface area contributed by atoms with E-state index in [1.807, 2.05) is 0 Å². The quantitative estimate of drug-likeness (QED) is 0.258. The number of piperazine rings is 1. The second-order valence-corrected chi connectivity index (χ2v) is 9.02. The Morgan fingerprint density at radius 2 is 1.48 bits per heavy atom. The number of benzene rings is 2. The van der Waals surface area contributed by atoms with E-state index in [0.29, 0.717) is 11.8 Å². The van der Waals surface area contributed by atoms with E-state index in [4.69, 9.17) is 4.99 Å². The summed E-state index contributed by atoms with van der Waals surface area (Å²) in [5, 5.41) is 6.99. The first-order valence-electron chi connectivity index (χ1n) is 12.2. The van der Waals surface area contributed by atoms with Gasteiger partial charge in [-0.3, -0.25) is 4.99 Å². The van der Waals surface area contributed by atoms with Gasteiger partial charge in [0.1, 0.15) is 0 Å². The third kappa shape index (κ3) is 9.63. The van der Waals surface area contributed by atoms with E-state index in [1.165, 1.54) is 37.3 Å². The molecule has 3 rings (SSSR count). The summed E-state index contributed by atoms with van der Waals surface area (Å²) < 4.78 is 0. The van der Waals surface area contributed by atoms with Crippen LogP contribution in [-0.2, 0) is 0 Å². The first-order chi connectivity index (χ1) is 15.7. The lowest BCUT2D eigenvalue weighted by molar-refractivity contribution is 0.140. The van der Waals surface area contributed by atoms with Crippen molar-refractivity contribution in [1.82, 2.24) is 20.4 Å². The largest absolute Gasteiger partial charge is 0.357 e. The van der Waals surface area contributed by atoms with Gasteiger partial charge in [-0.25, -0.2) is 0 Å². The molecular weight excluding hydrogens is 521 g/mol. The molecule has 1 aliphatic rings. The molecule has 1 aliphatic heterocycles. The van der Waals surface area contributed by atoms with Crippen LogP contribution in [0.15, 0.2) is 65.7 Å². The van der Waals surface area contributed by atoms with Gasteiger partial charge in [0.05, 0.1) is 0 Å². The number of aliphatic imine (C=N–C) groups is 1. The van der Waals surface area contributed by atoms with Crippen LogP contribution < -0.4 is 10.6 Å². The molecule has 0 aromatic heterocycles. The van der Waals surface area contributed by atoms with E-state index in [2.05, 4.69) is 102 Å². The van der Waals surface area contributed by atoms with E-state index in [0.717, 1.165) is 38.6 Å². The molecule has 2 aromatic rings. The Kier molecular flexibility index (Phi) is 12.8. The lowest BCUT2D eigenvalue weighted by Crippen LogP contribution is -2.46. The van der Waals surface area contributed by atoms with Gasteiger partial charge in [0.2, 0.25) is 0 Å². The normalized spacial score (nSPS) is 16.3. The van der Waals surface area contributed by atoms with Gasteiger partial charge in [0, 0.05) is 58.3 Å². The molecule has 1 unspecified atom stereocenters. The molecular formula is C27H42IN5. The highest BCUT2D eigenvalue weighted by molar-refractivity contribution is 14.0. The van der Waals surface area contributed by atoms with E-state index in [1.54, 1.807) is 0 Å². The maximum absolute atomic E-state index is 4.89. The molecule has 0 radical (unpaired) electrons. The van der Waals surface area contributed by atoms with Crippen LogP contribution in [0.5, 0.6) is 0 Å². The predicted molar refractivity (Wildman–Crippen MR) is 152 cm³/mol. The molecule has 0 saturated carbocycles. The Morgan fingerprint density at radius 3 is 2.03 bits per heavy atom. The number of hydrogen-bond donors (Lipinski definition) is 2. The molecule has 1 fully saturated rings. The summed E-state index contributed by atoms with van der Waals surface area (Å²) in [5.74, 6) is 1.86. The zero-order valence-corrected chi connectivity index (χ0v) is 22.9. The summed E-state index contributed by atoms with van der Waals surface area (Å²) in [4.78, 5) is 9.88. The van der Waals surface area contributed by atoms with E-state index in [-0.39, 0.29) is 24.0 Å². The molecule has 182 valence electrons. The smallest absolute Gasteiger partial charge is 0.191 e. The summed E-state index contributed by atoms with van der Waals surface area (Å²) in [5.41, 5.74) is 2.73. The summed E-state index contributed by atoms with van der Waals surface area (Å²) in [6.07, 6.45) is 1.02. The van der Waals surface area contributed by atoms with Crippen LogP contribution in [0.25, 0.3) is 0 Å². The van der Waals surface area contributed by atoms with Crippen LogP contribution in [0, 0.1) is 5.92 Å². The van der Waals surface area contributed by atoms with E-state index >= 15 is 0 Å². The van der Waals surface area contributed by atoms with Gasteiger partial charge in [0.25, 0.3) is 0 Å². The summed E-state index contributed by atoms with van der Waals surface area (Å²) in [6, 6.07) is 21.6. The number of halogens is 1. The fourth-order valence-corrected chi connectivity index (χ4v) is 4.35. The highest BCUT2D eigenvalue weighted by atomic mass is 127. The molecule has 5 nitrogen and oxygen atoms in total. The van der Waals surface area contributed by atoms with Crippen LogP contribution in [0.1, 0.15) is 37.3 Å². The molecule has 1 heterocycles. The Labute approximate surface area is 218 Å². The standard InChI is InChI=1S/C27H41N5.HI/c1-4-28-27(30-21-23(2)22-32-19-17-31(3)18-20-32)29-16-15-26(24-11-7-5-8-12-24)25-13-9-6-10-14-25;/h5-14,23,26H,4,15-22H2,1-3H3,(H2,28,29,30);1H. The van der Waals surface area contributed by atoms with Gasteiger partial charge >= 0.3 is 0 Å². The highest BCUT2D eigenvalue weighted by Gasteiger charge is 2.16. The maximum atomic E-state index is 4.89. The van der Waals surface area contributed by atoms with Crippen molar-refractivity contribution in [3.63, 3.8) is 0 Å². The minimum Gasteiger partial charge on any atom is -0.357 e. The van der Waals surface area contributed by atoms with Gasteiger partial charge in [-0.2, -0.15) is 0 Å². The van der Waals surface area contributed by atoms with E-state index in [9.17, 15) is 0 Å². The Morgan fingerprint density at radius 1 is 0.909 bits per heavy atom. The summed E-state index contributed by atoms with van der Waals surface area (Å²) in [7, 11) is 2.21. The third-order valence-electron chi connectivity index (χ3n) is 6.20. The van der Waals surface area contributed by atoms with Crippen molar-refractivity contribution >= 4 is 29.9 Å². The second kappa shape index (κ2) is 15.3. The first kappa shape index (κ1) is 27.6. The second-order valence-electron chi connectivity index (χ2n) is 9.02. The molecule has 0 bridgehead atoms. The van der Waals surface area contributed by atoms with Crippen molar-refractivity contribution in [3.05, 3.63) is 71.8 Å². The average Bonchev–Trinajstić information content (AvgIpc) is 2.83. The third-order valence-corrected chi connectivity index (χ3v) is 6.20. The summed E-state index contributed by atoms with van der Waals surface area (Å²) in [6.45, 7) is 12.9. The fraction of sp³-hybridized carbons (Fsp3) is 0.519. The van der Waals surface area contributed by atoms with Crippen molar-refractivity contribution in [1.29, 1.82) is 0 Å². The van der Waals surface area contributed by atoms with Crippen molar-refractivity contribution in [2.75, 3.05) is 59.4 Å². The van der Waals surface area contributed by atoms with Gasteiger partial charge in [-0.05, 0) is 37.4 Å². The average molecular weight is 564 g/mol. The van der Waals surface area contributed by atoms with Gasteiger partial charge in [-0.1, -0.05) is 67.6 Å². The lowest BCUT2D eigenvalue weighted by Gasteiger charge is -2.33. The Bertz CT molecular complexity index is 751. The molecule has 1 atom stereocenters. The van der Waals surface area contributed by atoms with Crippen molar-refractivity contribution < 1.29 is 0 Å². The molecule has 2 N–H and O–H groups in total. The maximum Gasteiger partial charge on any atom is 0.191 e. The predicted octanol–water partition coefficient (Wildman–Crippen LogP) is 4.27. The molecule has 0 spiro atoms. The molecule has 33 heavy (non-hydrogen) atoms. The number of hydrogen-bond acceptors (Lipinski definition) is 3. The van der Waals surface area contributed by atoms with Crippen LogP contribution >= 0.6 is 24.0 Å². The van der Waals surface area contributed by atoms with Gasteiger partial charge < -0.3 is 20.4 Å². The monoisotopic (exact) mass is 563 g/mol. The van der Waals surface area contributed by atoms with Crippen LogP contribution in [-0.4, -0.2) is 75.2 Å². The topological polar surface area (TPSA) is 42.9 Å². The van der Waals surface area contributed by atoms with Crippen LogP contribution in [0.4, 0.5) is 0 Å². The zero-order valence-electron chi connectivity index (χ0n) is 20.5. The number of guanidine groups is 1. The molecule has 6 heteroatoms. The molecule has 1 saturated heterocycles. The first-order valence-corrected chi connectivity index (χ1v) is 12.2. The minimum absolute atomic E-state index is 0. The SMILES string of the molecule is CCNC(=NCC(C)CN1CCN(C)CC1)NCCC(c1ccccc1)c1ccccc1.I. The molecule has 0 aliphatic carbocycles. The van der Waals surface area contributed by atoms with Gasteiger partial charge in [0.15, 0.2) is 5.96 Å². The number of likely N-dealkylation sites (N-methyl/N-ethyl adjacent to an activating group) is 1. The Hall–Kier alpha value is -1.64. The highest BCUT2D eigenvalue weighted by Crippen LogP contribution is 2.27. The number of nitrogens with one attached hydrogen (secondary N) is 2. The van der Waals surface area contributed by atoms with Crippen molar-refractivity contribution in [3.8, 4) is 0 Å². The van der Waals surface area contributed by atoms with Crippen molar-refractivity contribution in [2.45, 2.75) is 26.2 Å².